The van der Waals surface area contributed by atoms with E-state index in [4.69, 9.17) is 0 Å². The highest BCUT2D eigenvalue weighted by atomic mass is 19.4. The summed E-state index contributed by atoms with van der Waals surface area (Å²) >= 11 is 0. The summed E-state index contributed by atoms with van der Waals surface area (Å²) in [6.45, 7) is 2.39. The highest BCUT2D eigenvalue weighted by molar-refractivity contribution is 5.80. The maximum absolute atomic E-state index is 12.7. The molecular weight excluding hydrogens is 339 g/mol. The van der Waals surface area contributed by atoms with Gasteiger partial charge in [-0.3, -0.25) is 4.99 Å². The first-order valence-electron chi connectivity index (χ1n) is 9.04. The van der Waals surface area contributed by atoms with Gasteiger partial charge in [0.15, 0.2) is 5.96 Å². The van der Waals surface area contributed by atoms with Gasteiger partial charge in [0.05, 0.1) is 12.1 Å². The minimum absolute atomic E-state index is 0.354. The Morgan fingerprint density at radius 3 is 2.73 bits per heavy atom. The minimum Gasteiger partial charge on any atom is -0.345 e. The summed E-state index contributed by atoms with van der Waals surface area (Å²) < 4.78 is 38.2. The molecule has 1 N–H and O–H groups in total. The molecule has 0 radical (unpaired) electrons. The van der Waals surface area contributed by atoms with Gasteiger partial charge in [-0.05, 0) is 42.9 Å². The van der Waals surface area contributed by atoms with Crippen LogP contribution >= 0.6 is 0 Å². The summed E-state index contributed by atoms with van der Waals surface area (Å²) in [5.41, 5.74) is 0.149. The molecule has 0 bridgehead atoms. The van der Waals surface area contributed by atoms with Crippen LogP contribution in [0.1, 0.15) is 43.2 Å². The molecule has 2 fully saturated rings. The summed E-state index contributed by atoms with van der Waals surface area (Å²) in [6, 6.07) is 5.09. The van der Waals surface area contributed by atoms with Gasteiger partial charge < -0.3 is 10.2 Å². The van der Waals surface area contributed by atoms with Crippen LogP contribution in [0.3, 0.4) is 0 Å². The van der Waals surface area contributed by atoms with E-state index in [0.717, 1.165) is 31.2 Å². The van der Waals surface area contributed by atoms with Crippen LogP contribution in [-0.2, 0) is 6.18 Å². The molecule has 0 atom stereocenters. The molecule has 26 heavy (non-hydrogen) atoms. The van der Waals surface area contributed by atoms with E-state index in [2.05, 4.69) is 27.0 Å². The smallest absolute Gasteiger partial charge is 0.345 e. The van der Waals surface area contributed by atoms with Crippen LogP contribution in [-0.4, -0.2) is 37.5 Å². The normalized spacial score (nSPS) is 19.5. The van der Waals surface area contributed by atoms with Crippen molar-refractivity contribution in [3.8, 4) is 11.8 Å². The lowest BCUT2D eigenvalue weighted by atomic mass is 9.86. The number of guanidine groups is 1. The molecule has 1 aromatic carbocycles. The molecule has 3 nitrogen and oxygen atoms in total. The van der Waals surface area contributed by atoms with Gasteiger partial charge in [0, 0.05) is 25.7 Å². The zero-order valence-corrected chi connectivity index (χ0v) is 15.0. The second kappa shape index (κ2) is 7.61. The molecule has 1 saturated heterocycles. The quantitative estimate of drug-likeness (QED) is 0.466. The predicted molar refractivity (Wildman–Crippen MR) is 96.8 cm³/mol. The summed E-state index contributed by atoms with van der Waals surface area (Å²) in [7, 11) is 1.75. The average Bonchev–Trinajstić information content (AvgIpc) is 3.25. The molecule has 3 rings (SSSR count). The zero-order chi connectivity index (χ0) is 18.6. The van der Waals surface area contributed by atoms with Crippen LogP contribution < -0.4 is 5.32 Å². The number of benzene rings is 1. The molecule has 1 saturated carbocycles. The third-order valence-electron chi connectivity index (χ3n) is 5.37. The van der Waals surface area contributed by atoms with Crippen LogP contribution in [0.2, 0.25) is 0 Å². The number of alkyl halides is 3. The molecule has 0 aromatic heterocycles. The van der Waals surface area contributed by atoms with Crippen LogP contribution in [0.25, 0.3) is 0 Å². The molecular formula is C20H24F3N3. The Balaban J connectivity index is 1.55. The lowest BCUT2D eigenvalue weighted by Gasteiger charge is -2.25. The highest BCUT2D eigenvalue weighted by Gasteiger charge is 2.41. The van der Waals surface area contributed by atoms with E-state index in [0.29, 0.717) is 17.5 Å². The van der Waals surface area contributed by atoms with Crippen molar-refractivity contribution in [1.82, 2.24) is 10.2 Å². The van der Waals surface area contributed by atoms with Crippen molar-refractivity contribution in [2.45, 2.75) is 38.3 Å². The summed E-state index contributed by atoms with van der Waals surface area (Å²) in [5.74, 6) is 6.51. The summed E-state index contributed by atoms with van der Waals surface area (Å²) in [4.78, 5) is 6.61. The van der Waals surface area contributed by atoms with Gasteiger partial charge in [0.2, 0.25) is 0 Å². The molecule has 1 aliphatic carbocycles. The molecule has 2 aliphatic rings. The van der Waals surface area contributed by atoms with Gasteiger partial charge in [-0.15, -0.1) is 0 Å². The SMILES string of the molecule is CN=C(NCC#Cc1cccc(C(F)(F)F)c1)N1CCC2(CCCC2)C1. The predicted octanol–water partition coefficient (Wildman–Crippen LogP) is 3.90. The van der Waals surface area contributed by atoms with E-state index in [1.54, 1.807) is 13.1 Å². The number of halogens is 3. The molecule has 1 aromatic rings. The number of hydrogen-bond acceptors (Lipinski definition) is 1. The molecule has 6 heteroatoms. The fraction of sp³-hybridized carbons (Fsp3) is 0.550. The first-order chi connectivity index (χ1) is 12.4. The van der Waals surface area contributed by atoms with Crippen molar-refractivity contribution in [2.75, 3.05) is 26.7 Å². The highest BCUT2D eigenvalue weighted by Crippen LogP contribution is 2.45. The number of rotatable bonds is 1. The average molecular weight is 363 g/mol. The second-order valence-corrected chi connectivity index (χ2v) is 7.16. The van der Waals surface area contributed by atoms with E-state index in [1.807, 2.05) is 0 Å². The van der Waals surface area contributed by atoms with E-state index >= 15 is 0 Å². The summed E-state index contributed by atoms with van der Waals surface area (Å²) in [6.07, 6.45) is 2.11. The third-order valence-corrected chi connectivity index (χ3v) is 5.37. The largest absolute Gasteiger partial charge is 0.416 e. The van der Waals surface area contributed by atoms with Gasteiger partial charge in [-0.1, -0.05) is 30.7 Å². The number of likely N-dealkylation sites (tertiary alicyclic amines) is 1. The summed E-state index contributed by atoms with van der Waals surface area (Å²) in [5, 5.41) is 3.21. The number of hydrogen-bond donors (Lipinski definition) is 1. The van der Waals surface area contributed by atoms with Gasteiger partial charge in [-0.2, -0.15) is 13.2 Å². The molecule has 1 spiro atoms. The molecule has 0 amide bonds. The number of nitrogens with zero attached hydrogens (tertiary/aromatic N) is 2. The first kappa shape index (κ1) is 18.6. The van der Waals surface area contributed by atoms with Gasteiger partial charge >= 0.3 is 6.18 Å². The minimum atomic E-state index is -4.34. The maximum atomic E-state index is 12.7. The topological polar surface area (TPSA) is 27.6 Å². The Bertz CT molecular complexity index is 722. The molecule has 140 valence electrons. The van der Waals surface area contributed by atoms with Crippen molar-refractivity contribution in [1.29, 1.82) is 0 Å². The Morgan fingerprint density at radius 2 is 2.04 bits per heavy atom. The van der Waals surface area contributed by atoms with Crippen LogP contribution in [0.4, 0.5) is 13.2 Å². The third kappa shape index (κ3) is 4.32. The Kier molecular flexibility index (Phi) is 5.45. The first-order valence-corrected chi connectivity index (χ1v) is 9.04. The number of aliphatic imine (C=N–C) groups is 1. The van der Waals surface area contributed by atoms with E-state index < -0.39 is 11.7 Å². The maximum Gasteiger partial charge on any atom is 0.416 e. The Labute approximate surface area is 152 Å². The van der Waals surface area contributed by atoms with Crippen molar-refractivity contribution >= 4 is 5.96 Å². The van der Waals surface area contributed by atoms with E-state index in [1.165, 1.54) is 38.2 Å². The van der Waals surface area contributed by atoms with E-state index in [9.17, 15) is 13.2 Å². The van der Waals surface area contributed by atoms with Gasteiger partial charge in [0.25, 0.3) is 0 Å². The standard InChI is InChI=1S/C20H24F3N3/c1-24-18(26-13-11-19(15-26)9-2-3-10-19)25-12-5-7-16-6-4-8-17(14-16)20(21,22)23/h4,6,8,14H,2-3,9-13,15H2,1H3,(H,24,25). The van der Waals surface area contributed by atoms with Gasteiger partial charge in [0.1, 0.15) is 0 Å². The van der Waals surface area contributed by atoms with Crippen molar-refractivity contribution < 1.29 is 13.2 Å². The lowest BCUT2D eigenvalue weighted by Crippen LogP contribution is -2.41. The molecule has 1 aliphatic heterocycles. The fourth-order valence-electron chi connectivity index (χ4n) is 4.02. The molecule has 1 heterocycles. The van der Waals surface area contributed by atoms with E-state index in [-0.39, 0.29) is 0 Å². The fourth-order valence-corrected chi connectivity index (χ4v) is 4.02. The van der Waals surface area contributed by atoms with Crippen LogP contribution in [0, 0.1) is 17.3 Å². The van der Waals surface area contributed by atoms with Gasteiger partial charge in [-0.25, -0.2) is 0 Å². The lowest BCUT2D eigenvalue weighted by molar-refractivity contribution is -0.137. The molecule has 0 unspecified atom stereocenters. The van der Waals surface area contributed by atoms with Crippen molar-refractivity contribution in [3.05, 3.63) is 35.4 Å². The van der Waals surface area contributed by atoms with Crippen molar-refractivity contribution in [2.24, 2.45) is 10.4 Å². The Morgan fingerprint density at radius 1 is 1.27 bits per heavy atom. The van der Waals surface area contributed by atoms with Crippen LogP contribution in [0.15, 0.2) is 29.3 Å². The monoisotopic (exact) mass is 363 g/mol. The van der Waals surface area contributed by atoms with Crippen LogP contribution in [0.5, 0.6) is 0 Å². The second-order valence-electron chi connectivity index (χ2n) is 7.16. The zero-order valence-electron chi connectivity index (χ0n) is 15.0. The Hall–Kier alpha value is -2.16. The van der Waals surface area contributed by atoms with Crippen molar-refractivity contribution in [3.63, 3.8) is 0 Å². The number of nitrogens with one attached hydrogen (secondary N) is 1.